The van der Waals surface area contributed by atoms with Gasteiger partial charge in [-0.2, -0.15) is 0 Å². The van der Waals surface area contributed by atoms with Crippen molar-refractivity contribution in [2.45, 2.75) is 33.1 Å². The maximum absolute atomic E-state index is 12.6. The fourth-order valence-electron chi connectivity index (χ4n) is 3.55. The first-order valence-electron chi connectivity index (χ1n) is 9.50. The number of aryl methyl sites for hydroxylation is 2. The number of fused-ring (bicyclic) bond motifs is 1. The lowest BCUT2D eigenvalue weighted by Crippen LogP contribution is -2.38. The highest BCUT2D eigenvalue weighted by molar-refractivity contribution is 7.18. The molecule has 3 heterocycles. The Bertz CT molecular complexity index is 942. The number of nitrogens with one attached hydrogen (secondary N) is 1. The Morgan fingerprint density at radius 1 is 1.22 bits per heavy atom. The molecule has 1 aliphatic heterocycles. The van der Waals surface area contributed by atoms with Gasteiger partial charge in [0.15, 0.2) is 0 Å². The molecule has 1 amide bonds. The van der Waals surface area contributed by atoms with Gasteiger partial charge in [-0.05, 0) is 44.4 Å². The van der Waals surface area contributed by atoms with Crippen LogP contribution in [-0.4, -0.2) is 29.0 Å². The molecule has 1 aliphatic rings. The van der Waals surface area contributed by atoms with Gasteiger partial charge in [0, 0.05) is 29.6 Å². The minimum atomic E-state index is 0.0496. The molecule has 0 unspecified atom stereocenters. The molecule has 0 aliphatic carbocycles. The van der Waals surface area contributed by atoms with Crippen molar-refractivity contribution in [1.29, 1.82) is 0 Å². The van der Waals surface area contributed by atoms with E-state index in [0.29, 0.717) is 0 Å². The van der Waals surface area contributed by atoms with Crippen molar-refractivity contribution in [2.75, 3.05) is 23.3 Å². The number of piperidine rings is 1. The topological polar surface area (TPSA) is 58.1 Å². The Kier molecular flexibility index (Phi) is 5.07. The van der Waals surface area contributed by atoms with E-state index in [-0.39, 0.29) is 11.8 Å². The average Bonchev–Trinajstić information content (AvgIpc) is 3.13. The molecule has 1 N–H and O–H groups in total. The van der Waals surface area contributed by atoms with E-state index in [4.69, 9.17) is 0 Å². The van der Waals surface area contributed by atoms with Crippen LogP contribution in [0.3, 0.4) is 0 Å². The number of benzene rings is 1. The minimum absolute atomic E-state index is 0.0496. The summed E-state index contributed by atoms with van der Waals surface area (Å²) in [4.78, 5) is 26.2. The van der Waals surface area contributed by atoms with Crippen molar-refractivity contribution in [1.82, 2.24) is 9.97 Å². The van der Waals surface area contributed by atoms with Gasteiger partial charge in [-0.15, -0.1) is 11.3 Å². The SMILES string of the molecule is CCc1cc2c(N3CCC(C(=O)Nc4ccc(C)cc4)CC3)ncnc2s1. The van der Waals surface area contributed by atoms with Crippen LogP contribution in [0.1, 0.15) is 30.2 Å². The second kappa shape index (κ2) is 7.64. The van der Waals surface area contributed by atoms with Gasteiger partial charge < -0.3 is 10.2 Å². The second-order valence-corrected chi connectivity index (χ2v) is 8.21. The first-order valence-corrected chi connectivity index (χ1v) is 10.3. The van der Waals surface area contributed by atoms with Crippen molar-refractivity contribution in [2.24, 2.45) is 5.92 Å². The summed E-state index contributed by atoms with van der Waals surface area (Å²) in [5.41, 5.74) is 2.06. The minimum Gasteiger partial charge on any atom is -0.356 e. The summed E-state index contributed by atoms with van der Waals surface area (Å²) in [6.07, 6.45) is 4.35. The summed E-state index contributed by atoms with van der Waals surface area (Å²) in [5.74, 6) is 1.18. The van der Waals surface area contributed by atoms with E-state index in [1.165, 1.54) is 10.4 Å². The highest BCUT2D eigenvalue weighted by Gasteiger charge is 2.26. The van der Waals surface area contributed by atoms with E-state index >= 15 is 0 Å². The Morgan fingerprint density at radius 3 is 2.67 bits per heavy atom. The van der Waals surface area contributed by atoms with Crippen LogP contribution < -0.4 is 10.2 Å². The quantitative estimate of drug-likeness (QED) is 0.728. The number of nitrogens with zero attached hydrogens (tertiary/aromatic N) is 3. The Labute approximate surface area is 163 Å². The predicted molar refractivity (Wildman–Crippen MR) is 112 cm³/mol. The molecule has 0 bridgehead atoms. The normalized spacial score (nSPS) is 15.3. The lowest BCUT2D eigenvalue weighted by atomic mass is 9.95. The van der Waals surface area contributed by atoms with Crippen LogP contribution in [0.25, 0.3) is 10.2 Å². The van der Waals surface area contributed by atoms with Gasteiger partial charge in [0.05, 0.1) is 5.39 Å². The van der Waals surface area contributed by atoms with Crippen LogP contribution in [0, 0.1) is 12.8 Å². The number of rotatable bonds is 4. The number of aromatic nitrogens is 2. The van der Waals surface area contributed by atoms with Crippen molar-refractivity contribution < 1.29 is 4.79 Å². The fourth-order valence-corrected chi connectivity index (χ4v) is 4.48. The van der Waals surface area contributed by atoms with E-state index < -0.39 is 0 Å². The molecular formula is C21H24N4OS. The third-order valence-corrected chi connectivity index (χ3v) is 6.38. The molecule has 5 nitrogen and oxygen atoms in total. The van der Waals surface area contributed by atoms with E-state index in [2.05, 4.69) is 33.2 Å². The summed E-state index contributed by atoms with van der Waals surface area (Å²) in [7, 11) is 0. The van der Waals surface area contributed by atoms with Crippen LogP contribution in [0.15, 0.2) is 36.7 Å². The van der Waals surface area contributed by atoms with Gasteiger partial charge in [-0.1, -0.05) is 24.6 Å². The lowest BCUT2D eigenvalue weighted by Gasteiger charge is -2.32. The number of amides is 1. The molecule has 6 heteroatoms. The van der Waals surface area contributed by atoms with Crippen LogP contribution >= 0.6 is 11.3 Å². The van der Waals surface area contributed by atoms with Crippen molar-refractivity contribution in [3.63, 3.8) is 0 Å². The molecule has 140 valence electrons. The van der Waals surface area contributed by atoms with Crippen LogP contribution in [0.2, 0.25) is 0 Å². The largest absolute Gasteiger partial charge is 0.356 e. The summed E-state index contributed by atoms with van der Waals surface area (Å²) in [6, 6.07) is 10.2. The molecule has 0 radical (unpaired) electrons. The number of thiophene rings is 1. The number of hydrogen-bond acceptors (Lipinski definition) is 5. The summed E-state index contributed by atoms with van der Waals surface area (Å²) < 4.78 is 0. The van der Waals surface area contributed by atoms with Gasteiger partial charge in [0.1, 0.15) is 17.0 Å². The first kappa shape index (κ1) is 17.9. The Hall–Kier alpha value is -2.47. The van der Waals surface area contributed by atoms with Crippen molar-refractivity contribution in [3.8, 4) is 0 Å². The Balaban J connectivity index is 1.42. The van der Waals surface area contributed by atoms with Crippen LogP contribution in [0.4, 0.5) is 11.5 Å². The molecule has 0 saturated carbocycles. The molecular weight excluding hydrogens is 356 g/mol. The zero-order valence-electron chi connectivity index (χ0n) is 15.7. The summed E-state index contributed by atoms with van der Waals surface area (Å²) >= 11 is 1.74. The van der Waals surface area contributed by atoms with Gasteiger partial charge in [0.25, 0.3) is 0 Å². The average molecular weight is 381 g/mol. The molecule has 3 aromatic rings. The maximum atomic E-state index is 12.6. The maximum Gasteiger partial charge on any atom is 0.227 e. The zero-order valence-corrected chi connectivity index (χ0v) is 16.6. The number of carbonyl (C=O) groups is 1. The highest BCUT2D eigenvalue weighted by atomic mass is 32.1. The standard InChI is InChI=1S/C21H24N4OS/c1-3-17-12-18-19(22-13-23-21(18)27-17)25-10-8-15(9-11-25)20(26)24-16-6-4-14(2)5-7-16/h4-7,12-13,15H,3,8-11H2,1-2H3,(H,24,26). The molecule has 1 saturated heterocycles. The fraction of sp³-hybridized carbons (Fsp3) is 0.381. The monoisotopic (exact) mass is 380 g/mol. The van der Waals surface area contributed by atoms with Gasteiger partial charge in [-0.25, -0.2) is 9.97 Å². The van der Waals surface area contributed by atoms with E-state index in [9.17, 15) is 4.79 Å². The number of carbonyl (C=O) groups excluding carboxylic acids is 1. The highest BCUT2D eigenvalue weighted by Crippen LogP contribution is 2.32. The van der Waals surface area contributed by atoms with Crippen molar-refractivity contribution >= 4 is 39.0 Å². The third-order valence-electron chi connectivity index (χ3n) is 5.19. The van der Waals surface area contributed by atoms with Crippen LogP contribution in [-0.2, 0) is 11.2 Å². The first-order chi connectivity index (χ1) is 13.1. The van der Waals surface area contributed by atoms with E-state index in [1.54, 1.807) is 17.7 Å². The van der Waals surface area contributed by atoms with Gasteiger partial charge in [-0.3, -0.25) is 4.79 Å². The molecule has 4 rings (SSSR count). The zero-order chi connectivity index (χ0) is 18.8. The molecule has 0 spiro atoms. The summed E-state index contributed by atoms with van der Waals surface area (Å²) in [5, 5.41) is 4.19. The Morgan fingerprint density at radius 2 is 1.96 bits per heavy atom. The van der Waals surface area contributed by atoms with Crippen molar-refractivity contribution in [3.05, 3.63) is 47.1 Å². The molecule has 0 atom stereocenters. The molecule has 1 fully saturated rings. The summed E-state index contributed by atoms with van der Waals surface area (Å²) in [6.45, 7) is 5.89. The smallest absolute Gasteiger partial charge is 0.227 e. The van der Waals surface area contributed by atoms with E-state index in [1.807, 2.05) is 31.2 Å². The second-order valence-electron chi connectivity index (χ2n) is 7.10. The number of hydrogen-bond donors (Lipinski definition) is 1. The third kappa shape index (κ3) is 3.81. The van der Waals surface area contributed by atoms with Crippen LogP contribution in [0.5, 0.6) is 0 Å². The molecule has 27 heavy (non-hydrogen) atoms. The molecule has 1 aromatic carbocycles. The van der Waals surface area contributed by atoms with E-state index in [0.717, 1.165) is 54.1 Å². The predicted octanol–water partition coefficient (Wildman–Crippen LogP) is 4.42. The molecule has 2 aromatic heterocycles. The van der Waals surface area contributed by atoms with Gasteiger partial charge in [0.2, 0.25) is 5.91 Å². The number of anilines is 2. The lowest BCUT2D eigenvalue weighted by molar-refractivity contribution is -0.120. The van der Waals surface area contributed by atoms with Gasteiger partial charge >= 0.3 is 0 Å².